The molecule has 3 nitrogen and oxygen atoms in total. The van der Waals surface area contributed by atoms with Crippen molar-refractivity contribution in [3.8, 4) is 0 Å². The second-order valence-electron chi connectivity index (χ2n) is 1.37. The Bertz CT molecular complexity index is 122. The average Bonchev–Trinajstić information content (AvgIpc) is 1.81. The van der Waals surface area contributed by atoms with Gasteiger partial charge in [0.1, 0.15) is 8.87 Å². The third kappa shape index (κ3) is 2.87. The quantitative estimate of drug-likeness (QED) is 0.467. The van der Waals surface area contributed by atoms with E-state index in [0.717, 1.165) is 0 Å². The van der Waals surface area contributed by atoms with Crippen LogP contribution in [0.25, 0.3) is 0 Å². The number of hydrogen-bond acceptors (Lipinski definition) is 3. The van der Waals surface area contributed by atoms with E-state index in [2.05, 4.69) is 12.6 Å². The molecule has 0 fully saturated rings. The highest BCUT2D eigenvalue weighted by Crippen LogP contribution is 1.88. The lowest BCUT2D eigenvalue weighted by molar-refractivity contribution is -0.138. The summed E-state index contributed by atoms with van der Waals surface area (Å²) >= 11 is 3.79. The third-order valence-corrected chi connectivity index (χ3v) is 0.946. The van der Waals surface area contributed by atoms with E-state index in [1.165, 1.54) is 0 Å². The Kier molecular flexibility index (Phi) is 2.17. The average molecular weight is 137 g/mol. The zero-order chi connectivity index (χ0) is 8.15. The van der Waals surface area contributed by atoms with Crippen molar-refractivity contribution in [3.05, 3.63) is 0 Å². The van der Waals surface area contributed by atoms with Crippen LogP contribution in [0.4, 0.5) is 0 Å². The number of carboxylic acid groups (broad SMARTS) is 1. The fraction of sp³-hybridized carbons (Fsp3) is 0.750. The first-order valence-electron chi connectivity index (χ1n) is 3.09. The maximum atomic E-state index is 10.2. The van der Waals surface area contributed by atoms with Crippen LogP contribution >= 0.6 is 12.6 Å². The highest BCUT2D eigenvalue weighted by Gasteiger charge is 2.08. The minimum absolute atomic E-state index is 0.179. The van der Waals surface area contributed by atoms with E-state index in [4.69, 9.17) is 7.93 Å². The molecular weight excluding hydrogens is 126 g/mol. The normalized spacial score (nSPS) is 17.2. The molecule has 0 heterocycles. The van der Waals surface area contributed by atoms with Crippen molar-refractivity contribution in [1.29, 1.82) is 0 Å². The molecule has 0 saturated carbocycles. The fourth-order valence-electron chi connectivity index (χ4n) is 0.246. The van der Waals surface area contributed by atoms with Crippen molar-refractivity contribution >= 4 is 18.6 Å². The molecule has 1 atom stereocenters. The van der Waals surface area contributed by atoms with Gasteiger partial charge in [-0.1, -0.05) is 0 Å². The molecule has 0 rings (SSSR count). The first-order chi connectivity index (χ1) is 4.59. The van der Waals surface area contributed by atoms with Crippen LogP contribution in [0.5, 0.6) is 0 Å². The molecule has 0 unspecified atom stereocenters. The van der Waals surface area contributed by atoms with Gasteiger partial charge < -0.3 is 10.8 Å². The number of thiol groups is 1. The molecule has 0 spiro atoms. The topological polar surface area (TPSA) is 63.3 Å². The minimum Gasteiger partial charge on any atom is -0.480 e. The second kappa shape index (κ2) is 3.74. The van der Waals surface area contributed by atoms with Crippen LogP contribution in [0, 0.1) is 0 Å². The number of aliphatic carboxylic acids is 1. The van der Waals surface area contributed by atoms with Crippen LogP contribution in [0.3, 0.4) is 0 Å². The smallest absolute Gasteiger partial charge is 0.320 e. The predicted octanol–water partition coefficient (Wildman–Crippen LogP) is -0.282. The van der Waals surface area contributed by atoms with Gasteiger partial charge in [0.15, 0.2) is 0 Å². The molecule has 4 heteroatoms. The standard InChI is InChI=1S/C4H9NO2S/c5-3(1-2-8)4(6)7/h3,8H,1-2,5H2,(H,6,7)/t3-/m0/s1/i/hD2. The molecule has 0 aliphatic rings. The molecule has 0 aliphatic carbocycles. The van der Waals surface area contributed by atoms with Crippen molar-refractivity contribution in [1.82, 2.24) is 0 Å². The monoisotopic (exact) mass is 137 g/mol. The third-order valence-electron chi connectivity index (χ3n) is 0.688. The largest absolute Gasteiger partial charge is 0.480 e. The zero-order valence-corrected chi connectivity index (χ0v) is 5.14. The first kappa shape index (κ1) is 4.64. The molecular formula is C4H9NO2S. The maximum absolute atomic E-state index is 10.2. The van der Waals surface area contributed by atoms with Crippen LogP contribution in [-0.2, 0) is 4.79 Å². The van der Waals surface area contributed by atoms with E-state index in [-0.39, 0.29) is 12.1 Å². The second-order valence-corrected chi connectivity index (χ2v) is 1.81. The lowest BCUT2D eigenvalue weighted by Gasteiger charge is -2.00. The molecule has 0 aliphatic heterocycles. The van der Waals surface area contributed by atoms with Crippen LogP contribution in [0.2, 0.25) is 2.82 Å². The summed E-state index contributed by atoms with van der Waals surface area (Å²) < 4.78 is 13.3. The fourth-order valence-corrected chi connectivity index (χ4v) is 0.490. The van der Waals surface area contributed by atoms with Crippen molar-refractivity contribution in [2.75, 3.05) is 5.75 Å². The summed E-state index contributed by atoms with van der Waals surface area (Å²) in [4.78, 5) is 10.2. The molecule has 0 aromatic carbocycles. The predicted molar refractivity (Wildman–Crippen MR) is 34.1 cm³/mol. The van der Waals surface area contributed by atoms with Gasteiger partial charge in [-0.15, -0.1) is 0 Å². The summed E-state index contributed by atoms with van der Waals surface area (Å²) in [7, 11) is 0. The van der Waals surface area contributed by atoms with Crippen molar-refractivity contribution in [2.24, 2.45) is 5.72 Å². The Morgan fingerprint density at radius 3 is 2.88 bits per heavy atom. The van der Waals surface area contributed by atoms with Crippen molar-refractivity contribution in [3.63, 3.8) is 0 Å². The minimum atomic E-state index is -1.15. The van der Waals surface area contributed by atoms with Crippen LogP contribution in [-0.4, -0.2) is 22.9 Å². The van der Waals surface area contributed by atoms with E-state index >= 15 is 0 Å². The van der Waals surface area contributed by atoms with Crippen LogP contribution < -0.4 is 5.72 Å². The van der Waals surface area contributed by atoms with Gasteiger partial charge in [0, 0.05) is 0 Å². The summed E-state index contributed by atoms with van der Waals surface area (Å²) in [5, 5.41) is 8.36. The molecule has 0 aromatic rings. The summed E-state index contributed by atoms with van der Waals surface area (Å²) in [5.74, 6) is -0.787. The van der Waals surface area contributed by atoms with Gasteiger partial charge >= 0.3 is 5.97 Å². The molecule has 48 valence electrons. The van der Waals surface area contributed by atoms with Crippen LogP contribution in [0.15, 0.2) is 0 Å². The molecule has 0 saturated heterocycles. The highest BCUT2D eigenvalue weighted by molar-refractivity contribution is 7.80. The maximum Gasteiger partial charge on any atom is 0.320 e. The highest BCUT2D eigenvalue weighted by atomic mass is 32.1. The Labute approximate surface area is 56.2 Å². The number of hydrogen-bond donors (Lipinski definition) is 3. The van der Waals surface area contributed by atoms with Crippen molar-refractivity contribution in [2.45, 2.75) is 12.5 Å². The SMILES string of the molecule is [2H]N([2H])[C@@H](CCS)C(=O)O. The number of rotatable bonds is 4. The zero-order valence-electron chi connectivity index (χ0n) is 6.24. The van der Waals surface area contributed by atoms with E-state index in [9.17, 15) is 4.79 Å². The molecule has 3 N–H and O–H groups in total. The van der Waals surface area contributed by atoms with Gasteiger partial charge in [-0.3, -0.25) is 4.79 Å². The summed E-state index contributed by atoms with van der Waals surface area (Å²) in [5.41, 5.74) is 0.179. The van der Waals surface area contributed by atoms with Gasteiger partial charge in [0.05, 0.1) is 0 Å². The lowest BCUT2D eigenvalue weighted by atomic mass is 10.2. The van der Waals surface area contributed by atoms with Crippen molar-refractivity contribution < 1.29 is 12.7 Å². The molecule has 0 amide bonds. The Morgan fingerprint density at radius 2 is 2.75 bits per heavy atom. The van der Waals surface area contributed by atoms with Gasteiger partial charge in [-0.25, -0.2) is 0 Å². The molecule has 8 heavy (non-hydrogen) atoms. The number of nitrogens with two attached hydrogens (primary N) is 1. The number of carboxylic acids is 1. The lowest BCUT2D eigenvalue weighted by Crippen LogP contribution is -2.30. The van der Waals surface area contributed by atoms with Crippen LogP contribution in [0.1, 0.15) is 6.42 Å². The van der Waals surface area contributed by atoms with E-state index in [0.29, 0.717) is 5.75 Å². The first-order valence-corrected chi connectivity index (χ1v) is 2.83. The molecule has 0 radical (unpaired) electrons. The summed E-state index contributed by atoms with van der Waals surface area (Å²) in [6.07, 6.45) is 0.214. The van der Waals surface area contributed by atoms with Gasteiger partial charge in [-0.05, 0) is 12.2 Å². The van der Waals surface area contributed by atoms with E-state index < -0.39 is 12.0 Å². The Morgan fingerprint density at radius 1 is 2.12 bits per heavy atom. The number of carbonyl (C=O) groups is 1. The van der Waals surface area contributed by atoms with Gasteiger partial charge in [-0.2, -0.15) is 12.6 Å². The molecule has 0 aromatic heterocycles. The van der Waals surface area contributed by atoms with Gasteiger partial charge in [0.2, 0.25) is 0 Å². The van der Waals surface area contributed by atoms with E-state index in [1.807, 2.05) is 0 Å². The summed E-state index contributed by atoms with van der Waals surface area (Å²) in [6.45, 7) is 0. The Hall–Kier alpha value is -0.220. The summed E-state index contributed by atoms with van der Waals surface area (Å²) in [6, 6.07) is -1.06. The molecule has 0 bridgehead atoms. The Balaban J connectivity index is 3.85. The van der Waals surface area contributed by atoms with Gasteiger partial charge in [0.25, 0.3) is 0 Å². The van der Waals surface area contributed by atoms with E-state index in [1.54, 1.807) is 0 Å².